The first-order valence-electron chi connectivity index (χ1n) is 13.2. The molecule has 3 aromatic carbocycles. The molecule has 2 amide bonds. The number of nitrogens with one attached hydrogen (secondary N) is 2. The molecule has 1 aliphatic rings. The van der Waals surface area contributed by atoms with Crippen molar-refractivity contribution in [2.45, 2.75) is 42.2 Å². The number of ether oxygens (including phenoxy) is 1. The van der Waals surface area contributed by atoms with E-state index in [1.165, 1.54) is 35.8 Å². The van der Waals surface area contributed by atoms with Crippen molar-refractivity contribution < 1.29 is 19.1 Å². The van der Waals surface area contributed by atoms with Gasteiger partial charge in [-0.3, -0.25) is 9.59 Å². The Hall–Kier alpha value is -3.59. The second kappa shape index (κ2) is 12.9. The molecule has 0 saturated heterocycles. The van der Waals surface area contributed by atoms with Crippen molar-refractivity contribution in [2.24, 2.45) is 0 Å². The summed E-state index contributed by atoms with van der Waals surface area (Å²) in [6.07, 6.45) is 2.51. The average molecular weight is 605 g/mol. The smallest absolute Gasteiger partial charge is 0.341 e. The molecule has 2 atom stereocenters. The summed E-state index contributed by atoms with van der Waals surface area (Å²) in [5.74, 6) is -0.546. The third kappa shape index (κ3) is 6.84. The molecular weight excluding hydrogens is 576 g/mol. The van der Waals surface area contributed by atoms with Crippen LogP contribution in [0.4, 0.5) is 10.7 Å². The first-order valence-corrected chi connectivity index (χ1v) is 15.3. The largest absolute Gasteiger partial charge is 0.465 e. The van der Waals surface area contributed by atoms with Gasteiger partial charge in [0, 0.05) is 26.0 Å². The number of esters is 1. The summed E-state index contributed by atoms with van der Waals surface area (Å²) in [7, 11) is 1.37. The summed E-state index contributed by atoms with van der Waals surface area (Å²) in [5, 5.41) is 6.44. The number of hydrogen-bond acceptors (Lipinski definition) is 6. The summed E-state index contributed by atoms with van der Waals surface area (Å²) >= 11 is 8.84. The van der Waals surface area contributed by atoms with Gasteiger partial charge in [0.25, 0.3) is 5.91 Å². The van der Waals surface area contributed by atoms with Gasteiger partial charge in [0.1, 0.15) is 5.00 Å². The fourth-order valence-electron chi connectivity index (χ4n) is 4.95. The molecular formula is C32H29ClN2O4S2. The normalized spacial score (nSPS) is 15.0. The maximum absolute atomic E-state index is 13.3. The topological polar surface area (TPSA) is 84.5 Å². The highest BCUT2D eigenvalue weighted by Crippen LogP contribution is 2.43. The van der Waals surface area contributed by atoms with Gasteiger partial charge in [0.05, 0.1) is 17.9 Å². The molecule has 0 fully saturated rings. The van der Waals surface area contributed by atoms with Gasteiger partial charge in [-0.25, -0.2) is 4.79 Å². The highest BCUT2D eigenvalue weighted by atomic mass is 35.5. The van der Waals surface area contributed by atoms with Crippen LogP contribution in [0.5, 0.6) is 0 Å². The summed E-state index contributed by atoms with van der Waals surface area (Å²) in [6.45, 7) is 1.81. The van der Waals surface area contributed by atoms with E-state index in [1.54, 1.807) is 30.3 Å². The van der Waals surface area contributed by atoms with Crippen molar-refractivity contribution in [3.05, 3.63) is 111 Å². The van der Waals surface area contributed by atoms with Gasteiger partial charge in [-0.1, -0.05) is 54.1 Å². The number of rotatable bonds is 8. The molecule has 41 heavy (non-hydrogen) atoms. The fourth-order valence-corrected chi connectivity index (χ4v) is 7.39. The SMILES string of the molecule is COC(=O)c1c(NC(=O)C(C)Sc2cccc(NC(=O)c3cccc(Cl)c3)c2)sc2c1CCC(c1ccccc1)C2. The molecule has 0 saturated carbocycles. The van der Waals surface area contributed by atoms with Crippen LogP contribution in [0, 0.1) is 0 Å². The summed E-state index contributed by atoms with van der Waals surface area (Å²) in [5.41, 5.74) is 3.80. The first-order chi connectivity index (χ1) is 19.8. The van der Waals surface area contributed by atoms with Gasteiger partial charge >= 0.3 is 5.97 Å². The van der Waals surface area contributed by atoms with Crippen LogP contribution in [-0.4, -0.2) is 30.1 Å². The lowest BCUT2D eigenvalue weighted by molar-refractivity contribution is -0.115. The van der Waals surface area contributed by atoms with Gasteiger partial charge in [-0.05, 0) is 79.6 Å². The number of anilines is 2. The minimum atomic E-state index is -0.462. The number of hydrogen-bond donors (Lipinski definition) is 2. The quantitative estimate of drug-likeness (QED) is 0.158. The van der Waals surface area contributed by atoms with Crippen molar-refractivity contribution in [3.63, 3.8) is 0 Å². The Morgan fingerprint density at radius 2 is 1.78 bits per heavy atom. The average Bonchev–Trinajstić information content (AvgIpc) is 3.34. The van der Waals surface area contributed by atoms with Crippen LogP contribution in [0.1, 0.15) is 56.0 Å². The zero-order valence-electron chi connectivity index (χ0n) is 22.6. The molecule has 9 heteroatoms. The zero-order chi connectivity index (χ0) is 28.9. The van der Waals surface area contributed by atoms with Gasteiger partial charge in [-0.15, -0.1) is 23.1 Å². The van der Waals surface area contributed by atoms with E-state index in [2.05, 4.69) is 22.8 Å². The lowest BCUT2D eigenvalue weighted by Crippen LogP contribution is -2.23. The first kappa shape index (κ1) is 28.9. The van der Waals surface area contributed by atoms with Crippen LogP contribution in [-0.2, 0) is 22.4 Å². The number of benzene rings is 3. The van der Waals surface area contributed by atoms with E-state index in [-0.39, 0.29) is 11.8 Å². The third-order valence-corrected chi connectivity index (χ3v) is 9.52. The molecule has 5 rings (SSSR count). The zero-order valence-corrected chi connectivity index (χ0v) is 25.0. The number of carbonyl (C=O) groups excluding carboxylic acids is 3. The molecule has 4 aromatic rings. The molecule has 1 heterocycles. The number of halogens is 1. The minimum absolute atomic E-state index is 0.216. The standard InChI is InChI=1S/C32H29ClN2O4S2/c1-19(40-25-13-7-12-24(18-25)34-30(37)22-10-6-11-23(33)16-22)29(36)35-31-28(32(38)39-2)26-15-14-21(17-27(26)41-31)20-8-4-3-5-9-20/h3-13,16,18-19,21H,14-15,17H2,1-2H3,(H,34,37)(H,35,36). The Kier molecular flexibility index (Phi) is 9.12. The number of fused-ring (bicyclic) bond motifs is 1. The maximum Gasteiger partial charge on any atom is 0.341 e. The van der Waals surface area contributed by atoms with Gasteiger partial charge in [-0.2, -0.15) is 0 Å². The molecule has 0 radical (unpaired) electrons. The lowest BCUT2D eigenvalue weighted by Gasteiger charge is -2.22. The summed E-state index contributed by atoms with van der Waals surface area (Å²) in [4.78, 5) is 40.7. The van der Waals surface area contributed by atoms with Crippen LogP contribution in [0.15, 0.2) is 83.8 Å². The molecule has 6 nitrogen and oxygen atoms in total. The van der Waals surface area contributed by atoms with Crippen molar-refractivity contribution >= 4 is 63.2 Å². The molecule has 2 unspecified atom stereocenters. The summed E-state index contributed by atoms with van der Waals surface area (Å²) in [6, 6.07) is 24.5. The van der Waals surface area contributed by atoms with Gasteiger partial charge in [0.15, 0.2) is 0 Å². The van der Waals surface area contributed by atoms with E-state index in [0.29, 0.717) is 32.8 Å². The predicted octanol–water partition coefficient (Wildman–Crippen LogP) is 7.83. The minimum Gasteiger partial charge on any atom is -0.465 e. The summed E-state index contributed by atoms with van der Waals surface area (Å²) < 4.78 is 5.10. The number of thioether (sulfide) groups is 1. The van der Waals surface area contributed by atoms with Crippen molar-refractivity contribution in [1.82, 2.24) is 0 Å². The molecule has 1 aromatic heterocycles. The molecule has 210 valence electrons. The fraction of sp³-hybridized carbons (Fsp3) is 0.219. The number of methoxy groups -OCH3 is 1. The molecule has 0 spiro atoms. The highest BCUT2D eigenvalue weighted by molar-refractivity contribution is 8.00. The molecule has 2 N–H and O–H groups in total. The van der Waals surface area contributed by atoms with Crippen LogP contribution < -0.4 is 10.6 Å². The number of amides is 2. The predicted molar refractivity (Wildman–Crippen MR) is 167 cm³/mol. The number of carbonyl (C=O) groups is 3. The van der Waals surface area contributed by atoms with Crippen LogP contribution in [0.2, 0.25) is 5.02 Å². The van der Waals surface area contributed by atoms with E-state index in [1.807, 2.05) is 43.3 Å². The van der Waals surface area contributed by atoms with E-state index in [4.69, 9.17) is 16.3 Å². The Balaban J connectivity index is 1.28. The Morgan fingerprint density at radius 3 is 2.54 bits per heavy atom. The molecule has 1 aliphatic carbocycles. The van der Waals surface area contributed by atoms with Gasteiger partial charge in [0.2, 0.25) is 5.91 Å². The Labute approximate surface area is 252 Å². The van der Waals surface area contributed by atoms with Crippen LogP contribution >= 0.6 is 34.7 Å². The van der Waals surface area contributed by atoms with Crippen LogP contribution in [0.3, 0.4) is 0 Å². The van der Waals surface area contributed by atoms with Crippen molar-refractivity contribution in [3.8, 4) is 0 Å². The van der Waals surface area contributed by atoms with Crippen molar-refractivity contribution in [2.75, 3.05) is 17.7 Å². The number of thiophene rings is 1. The van der Waals surface area contributed by atoms with E-state index >= 15 is 0 Å². The second-order valence-corrected chi connectivity index (χ2v) is 12.7. The Bertz CT molecular complexity index is 1590. The monoisotopic (exact) mass is 604 g/mol. The van der Waals surface area contributed by atoms with E-state index < -0.39 is 11.2 Å². The third-order valence-electron chi connectivity index (χ3n) is 7.02. The molecule has 0 bridgehead atoms. The lowest BCUT2D eigenvalue weighted by atomic mass is 9.83. The second-order valence-electron chi connectivity index (χ2n) is 9.79. The maximum atomic E-state index is 13.3. The molecule has 0 aliphatic heterocycles. The van der Waals surface area contributed by atoms with E-state index in [0.717, 1.165) is 34.6 Å². The highest BCUT2D eigenvalue weighted by Gasteiger charge is 2.31. The van der Waals surface area contributed by atoms with E-state index in [9.17, 15) is 14.4 Å². The van der Waals surface area contributed by atoms with Crippen LogP contribution in [0.25, 0.3) is 0 Å². The van der Waals surface area contributed by atoms with Crippen molar-refractivity contribution in [1.29, 1.82) is 0 Å². The Morgan fingerprint density at radius 1 is 1.00 bits per heavy atom. The van der Waals surface area contributed by atoms with Gasteiger partial charge < -0.3 is 15.4 Å².